The zero-order valence-corrected chi connectivity index (χ0v) is 14.2. The van der Waals surface area contributed by atoms with E-state index in [0.29, 0.717) is 22.2 Å². The predicted molar refractivity (Wildman–Crippen MR) is 98.4 cm³/mol. The molecule has 1 fully saturated rings. The maximum atomic E-state index is 14.5. The van der Waals surface area contributed by atoms with Crippen LogP contribution in [0.5, 0.6) is 5.75 Å². The van der Waals surface area contributed by atoms with Crippen molar-refractivity contribution in [3.05, 3.63) is 60.0 Å². The zero-order valence-electron chi connectivity index (χ0n) is 14.2. The highest BCUT2D eigenvalue weighted by Gasteiger charge is 2.17. The summed E-state index contributed by atoms with van der Waals surface area (Å²) >= 11 is 0. The number of rotatable bonds is 3. The molecule has 1 saturated heterocycles. The van der Waals surface area contributed by atoms with Crippen molar-refractivity contribution >= 4 is 10.9 Å². The van der Waals surface area contributed by atoms with Crippen LogP contribution in [0.3, 0.4) is 0 Å². The van der Waals surface area contributed by atoms with E-state index in [-0.39, 0.29) is 6.10 Å². The minimum absolute atomic E-state index is 0.178. The molecule has 0 unspecified atom stereocenters. The van der Waals surface area contributed by atoms with Gasteiger partial charge in [-0.25, -0.2) is 4.39 Å². The lowest BCUT2D eigenvalue weighted by atomic mass is 10.00. The standard InChI is InChI=1S/C21H18FN3O/c22-19-12-14(13-23)4-5-16(19)17-2-1-3-18-20(8-11-25-21(17)18)26-15-6-9-24-10-7-15/h1-5,8,11-12,15,24H,6-7,9-10H2. The summed E-state index contributed by atoms with van der Waals surface area (Å²) in [5.41, 5.74) is 2.12. The number of para-hydroxylation sites is 1. The number of fused-ring (bicyclic) bond motifs is 1. The van der Waals surface area contributed by atoms with Gasteiger partial charge in [-0.1, -0.05) is 18.2 Å². The molecule has 130 valence electrons. The molecule has 0 atom stereocenters. The smallest absolute Gasteiger partial charge is 0.132 e. The summed E-state index contributed by atoms with van der Waals surface area (Å²) in [6.07, 6.45) is 3.81. The Labute approximate surface area is 151 Å². The lowest BCUT2D eigenvalue weighted by Gasteiger charge is -2.24. The van der Waals surface area contributed by atoms with Gasteiger partial charge in [-0.3, -0.25) is 4.98 Å². The lowest BCUT2D eigenvalue weighted by molar-refractivity contribution is 0.164. The number of ether oxygens (including phenoxy) is 1. The van der Waals surface area contributed by atoms with Crippen molar-refractivity contribution in [1.82, 2.24) is 10.3 Å². The fourth-order valence-corrected chi connectivity index (χ4v) is 3.37. The van der Waals surface area contributed by atoms with E-state index in [4.69, 9.17) is 10.00 Å². The van der Waals surface area contributed by atoms with Crippen molar-refractivity contribution in [2.75, 3.05) is 13.1 Å². The molecule has 4 nitrogen and oxygen atoms in total. The number of halogens is 1. The van der Waals surface area contributed by atoms with Crippen LogP contribution >= 0.6 is 0 Å². The zero-order chi connectivity index (χ0) is 17.9. The average Bonchev–Trinajstić information content (AvgIpc) is 2.69. The summed E-state index contributed by atoms with van der Waals surface area (Å²) in [5.74, 6) is 0.348. The van der Waals surface area contributed by atoms with Gasteiger partial charge in [-0.05, 0) is 50.2 Å². The van der Waals surface area contributed by atoms with E-state index < -0.39 is 5.82 Å². The molecule has 0 spiro atoms. The van der Waals surface area contributed by atoms with Gasteiger partial charge < -0.3 is 10.1 Å². The highest BCUT2D eigenvalue weighted by molar-refractivity contribution is 5.97. The maximum absolute atomic E-state index is 14.5. The minimum atomic E-state index is -0.428. The molecule has 2 heterocycles. The molecule has 1 aliphatic heterocycles. The largest absolute Gasteiger partial charge is 0.490 e. The number of hydrogen-bond donors (Lipinski definition) is 1. The van der Waals surface area contributed by atoms with Crippen molar-refractivity contribution < 1.29 is 9.13 Å². The summed E-state index contributed by atoms with van der Waals surface area (Å²) < 4.78 is 20.7. The third-order valence-electron chi connectivity index (χ3n) is 4.70. The molecule has 0 radical (unpaired) electrons. The van der Waals surface area contributed by atoms with E-state index in [1.54, 1.807) is 18.3 Å². The van der Waals surface area contributed by atoms with Crippen LogP contribution in [0.15, 0.2) is 48.7 Å². The van der Waals surface area contributed by atoms with Crippen LogP contribution in [0.4, 0.5) is 4.39 Å². The molecule has 1 aliphatic rings. The van der Waals surface area contributed by atoms with Crippen LogP contribution in [0.2, 0.25) is 0 Å². The van der Waals surface area contributed by atoms with Crippen LogP contribution < -0.4 is 10.1 Å². The number of nitrogens with zero attached hydrogens (tertiary/aromatic N) is 2. The molecule has 0 amide bonds. The Morgan fingerprint density at radius 2 is 1.96 bits per heavy atom. The second-order valence-corrected chi connectivity index (χ2v) is 6.38. The Bertz CT molecular complexity index is 990. The predicted octanol–water partition coefficient (Wildman–Crippen LogP) is 4.04. The summed E-state index contributed by atoms with van der Waals surface area (Å²) in [7, 11) is 0. The Morgan fingerprint density at radius 3 is 2.73 bits per heavy atom. The van der Waals surface area contributed by atoms with Crippen LogP contribution in [-0.2, 0) is 0 Å². The Hall–Kier alpha value is -2.97. The molecule has 2 aromatic carbocycles. The van der Waals surface area contributed by atoms with Gasteiger partial charge in [-0.15, -0.1) is 0 Å². The highest BCUT2D eigenvalue weighted by Crippen LogP contribution is 2.34. The van der Waals surface area contributed by atoms with Crippen molar-refractivity contribution in [2.45, 2.75) is 18.9 Å². The molecule has 1 aromatic heterocycles. The number of aromatic nitrogens is 1. The molecule has 0 bridgehead atoms. The molecule has 0 saturated carbocycles. The van der Waals surface area contributed by atoms with Gasteiger partial charge >= 0.3 is 0 Å². The van der Waals surface area contributed by atoms with Gasteiger partial charge in [-0.2, -0.15) is 5.26 Å². The molecule has 3 aromatic rings. The first kappa shape index (κ1) is 16.5. The van der Waals surface area contributed by atoms with E-state index in [2.05, 4.69) is 10.3 Å². The van der Waals surface area contributed by atoms with E-state index in [9.17, 15) is 4.39 Å². The van der Waals surface area contributed by atoms with E-state index >= 15 is 0 Å². The SMILES string of the molecule is N#Cc1ccc(-c2cccc3c(OC4CCNCC4)ccnc23)c(F)c1. The molecule has 1 N–H and O–H groups in total. The molecule has 0 aliphatic carbocycles. The first-order valence-corrected chi connectivity index (χ1v) is 8.71. The minimum Gasteiger partial charge on any atom is -0.490 e. The fraction of sp³-hybridized carbons (Fsp3) is 0.238. The second-order valence-electron chi connectivity index (χ2n) is 6.38. The van der Waals surface area contributed by atoms with E-state index in [0.717, 1.165) is 37.1 Å². The number of piperidine rings is 1. The van der Waals surface area contributed by atoms with Gasteiger partial charge in [0.25, 0.3) is 0 Å². The van der Waals surface area contributed by atoms with Gasteiger partial charge in [0.1, 0.15) is 17.7 Å². The van der Waals surface area contributed by atoms with E-state index in [1.165, 1.54) is 6.07 Å². The second kappa shape index (κ2) is 7.11. The number of pyridine rings is 1. The first-order chi connectivity index (χ1) is 12.8. The van der Waals surface area contributed by atoms with Crippen LogP contribution in [0.25, 0.3) is 22.0 Å². The number of hydrogen-bond acceptors (Lipinski definition) is 4. The molecular weight excluding hydrogens is 329 g/mol. The summed E-state index contributed by atoms with van der Waals surface area (Å²) in [5, 5.41) is 13.1. The third kappa shape index (κ3) is 3.12. The van der Waals surface area contributed by atoms with Gasteiger partial charge in [0.05, 0.1) is 17.1 Å². The summed E-state index contributed by atoms with van der Waals surface area (Å²) in [6.45, 7) is 1.91. The monoisotopic (exact) mass is 347 g/mol. The number of benzene rings is 2. The topological polar surface area (TPSA) is 57.9 Å². The molecular formula is C21H18FN3O. The van der Waals surface area contributed by atoms with Crippen molar-refractivity contribution in [1.29, 1.82) is 5.26 Å². The maximum Gasteiger partial charge on any atom is 0.132 e. The number of nitriles is 1. The van der Waals surface area contributed by atoms with E-state index in [1.807, 2.05) is 30.3 Å². The van der Waals surface area contributed by atoms with Crippen molar-refractivity contribution in [2.24, 2.45) is 0 Å². The molecule has 4 rings (SSSR count). The van der Waals surface area contributed by atoms with Gasteiger partial charge in [0.15, 0.2) is 0 Å². The Balaban J connectivity index is 1.78. The van der Waals surface area contributed by atoms with Crippen LogP contribution in [0.1, 0.15) is 18.4 Å². The van der Waals surface area contributed by atoms with Crippen molar-refractivity contribution in [3.8, 4) is 22.9 Å². The lowest BCUT2D eigenvalue weighted by Crippen LogP contribution is -2.34. The van der Waals surface area contributed by atoms with Crippen molar-refractivity contribution in [3.63, 3.8) is 0 Å². The number of nitrogens with one attached hydrogen (secondary N) is 1. The normalized spacial score (nSPS) is 14.9. The quantitative estimate of drug-likeness (QED) is 0.777. The Kier molecular flexibility index (Phi) is 4.51. The summed E-state index contributed by atoms with van der Waals surface area (Å²) in [4.78, 5) is 4.47. The third-order valence-corrected chi connectivity index (χ3v) is 4.70. The molecule has 5 heteroatoms. The first-order valence-electron chi connectivity index (χ1n) is 8.71. The molecule has 26 heavy (non-hydrogen) atoms. The Morgan fingerprint density at radius 1 is 1.12 bits per heavy atom. The summed E-state index contributed by atoms with van der Waals surface area (Å²) in [6, 6.07) is 14.0. The highest BCUT2D eigenvalue weighted by atomic mass is 19.1. The van der Waals surface area contributed by atoms with Gasteiger partial charge in [0, 0.05) is 22.7 Å². The van der Waals surface area contributed by atoms with Crippen LogP contribution in [0, 0.1) is 17.1 Å². The van der Waals surface area contributed by atoms with Crippen LogP contribution in [-0.4, -0.2) is 24.2 Å². The average molecular weight is 347 g/mol. The fourth-order valence-electron chi connectivity index (χ4n) is 3.37. The van der Waals surface area contributed by atoms with Gasteiger partial charge in [0.2, 0.25) is 0 Å².